The van der Waals surface area contributed by atoms with Crippen LogP contribution in [0.3, 0.4) is 0 Å². The lowest BCUT2D eigenvalue weighted by atomic mass is 10.1. The number of benzene rings is 1. The summed E-state index contributed by atoms with van der Waals surface area (Å²) < 4.78 is 23.3. The molecule has 0 amide bonds. The third-order valence-electron chi connectivity index (χ3n) is 3.69. The van der Waals surface area contributed by atoms with Crippen molar-refractivity contribution >= 4 is 27.7 Å². The number of nitrogens with zero attached hydrogens (tertiary/aromatic N) is 3. The van der Waals surface area contributed by atoms with Gasteiger partial charge in [-0.3, -0.25) is 4.98 Å². The average Bonchev–Trinajstić information content (AvgIpc) is 2.68. The van der Waals surface area contributed by atoms with E-state index in [9.17, 15) is 9.00 Å². The van der Waals surface area contributed by atoms with Crippen molar-refractivity contribution in [2.75, 3.05) is 13.7 Å². The SMILES string of the molecule is CCOc1nc(S(=O)c2ccc(C(=O)OC)c3cccnc23)ncc1C. The Morgan fingerprint density at radius 3 is 2.77 bits per heavy atom. The normalized spacial score (nSPS) is 12.0. The van der Waals surface area contributed by atoms with Crippen molar-refractivity contribution in [3.8, 4) is 5.88 Å². The van der Waals surface area contributed by atoms with Crippen molar-refractivity contribution < 1.29 is 18.5 Å². The molecule has 2 heterocycles. The van der Waals surface area contributed by atoms with Crippen molar-refractivity contribution in [1.82, 2.24) is 15.0 Å². The molecule has 7 nitrogen and oxygen atoms in total. The molecule has 3 rings (SSSR count). The number of hydrogen-bond acceptors (Lipinski definition) is 7. The molecule has 8 heteroatoms. The minimum Gasteiger partial charge on any atom is -0.478 e. The number of rotatable bonds is 5. The molecule has 0 fully saturated rings. The summed E-state index contributed by atoms with van der Waals surface area (Å²) in [5.41, 5.74) is 1.56. The summed E-state index contributed by atoms with van der Waals surface area (Å²) in [5, 5.41) is 0.680. The van der Waals surface area contributed by atoms with E-state index in [1.165, 1.54) is 7.11 Å². The lowest BCUT2D eigenvalue weighted by Gasteiger charge is -2.10. The lowest BCUT2D eigenvalue weighted by molar-refractivity contribution is 0.0603. The van der Waals surface area contributed by atoms with Gasteiger partial charge in [0.15, 0.2) is 0 Å². The molecule has 26 heavy (non-hydrogen) atoms. The second kappa shape index (κ2) is 7.57. The summed E-state index contributed by atoms with van der Waals surface area (Å²) >= 11 is 0. The maximum atomic E-state index is 13.1. The zero-order valence-electron chi connectivity index (χ0n) is 14.6. The molecule has 3 aromatic rings. The molecule has 134 valence electrons. The molecule has 1 unspecified atom stereocenters. The van der Waals surface area contributed by atoms with E-state index in [0.29, 0.717) is 33.8 Å². The Balaban J connectivity index is 2.13. The number of aryl methyl sites for hydroxylation is 1. The van der Waals surface area contributed by atoms with E-state index in [0.717, 1.165) is 5.56 Å². The van der Waals surface area contributed by atoms with Gasteiger partial charge in [0.25, 0.3) is 0 Å². The average molecular weight is 371 g/mol. The number of hydrogen-bond donors (Lipinski definition) is 0. The van der Waals surface area contributed by atoms with Crippen LogP contribution in [0.25, 0.3) is 10.9 Å². The molecular weight excluding hydrogens is 354 g/mol. The second-order valence-electron chi connectivity index (χ2n) is 5.34. The summed E-state index contributed by atoms with van der Waals surface area (Å²) in [4.78, 5) is 25.1. The van der Waals surface area contributed by atoms with Crippen molar-refractivity contribution in [1.29, 1.82) is 0 Å². The number of aromatic nitrogens is 3. The van der Waals surface area contributed by atoms with Crippen LogP contribution in [0.2, 0.25) is 0 Å². The molecule has 1 aromatic carbocycles. The first-order valence-electron chi connectivity index (χ1n) is 7.91. The van der Waals surface area contributed by atoms with Gasteiger partial charge in [0, 0.05) is 23.3 Å². The molecule has 0 aliphatic heterocycles. The molecule has 0 saturated heterocycles. The van der Waals surface area contributed by atoms with Gasteiger partial charge in [-0.25, -0.2) is 14.0 Å². The van der Waals surface area contributed by atoms with Crippen LogP contribution in [-0.4, -0.2) is 38.8 Å². The summed E-state index contributed by atoms with van der Waals surface area (Å²) in [7, 11) is -0.372. The van der Waals surface area contributed by atoms with E-state index in [-0.39, 0.29) is 5.16 Å². The van der Waals surface area contributed by atoms with Gasteiger partial charge in [-0.15, -0.1) is 0 Å². The molecule has 0 bridgehead atoms. The molecule has 0 radical (unpaired) electrons. The predicted octanol–water partition coefficient (Wildman–Crippen LogP) is 2.69. The maximum absolute atomic E-state index is 13.1. The van der Waals surface area contributed by atoms with Crippen LogP contribution in [0, 0.1) is 6.92 Å². The van der Waals surface area contributed by atoms with Gasteiger partial charge in [0.05, 0.1) is 29.7 Å². The van der Waals surface area contributed by atoms with Crippen LogP contribution in [-0.2, 0) is 15.5 Å². The van der Waals surface area contributed by atoms with Crippen LogP contribution in [0.4, 0.5) is 0 Å². The third-order valence-corrected chi connectivity index (χ3v) is 4.94. The van der Waals surface area contributed by atoms with Crippen molar-refractivity contribution in [3.63, 3.8) is 0 Å². The van der Waals surface area contributed by atoms with E-state index in [1.54, 1.807) is 36.7 Å². The maximum Gasteiger partial charge on any atom is 0.338 e. The van der Waals surface area contributed by atoms with E-state index in [1.807, 2.05) is 13.8 Å². The molecule has 2 aromatic heterocycles. The Kier molecular flexibility index (Phi) is 5.22. The van der Waals surface area contributed by atoms with Crippen LogP contribution >= 0.6 is 0 Å². The van der Waals surface area contributed by atoms with Crippen LogP contribution < -0.4 is 4.74 Å². The number of carbonyl (C=O) groups excluding carboxylic acids is 1. The fourth-order valence-corrected chi connectivity index (χ4v) is 3.51. The highest BCUT2D eigenvalue weighted by Gasteiger charge is 2.20. The predicted molar refractivity (Wildman–Crippen MR) is 95.7 cm³/mol. The van der Waals surface area contributed by atoms with Gasteiger partial charge in [-0.05, 0) is 32.0 Å². The molecule has 0 spiro atoms. The largest absolute Gasteiger partial charge is 0.478 e. The second-order valence-corrected chi connectivity index (χ2v) is 6.69. The first-order chi connectivity index (χ1) is 12.6. The van der Waals surface area contributed by atoms with E-state index in [4.69, 9.17) is 9.47 Å². The number of ether oxygens (including phenoxy) is 2. The van der Waals surface area contributed by atoms with Gasteiger partial charge in [-0.2, -0.15) is 4.98 Å². The Morgan fingerprint density at radius 2 is 2.04 bits per heavy atom. The first kappa shape index (κ1) is 17.9. The molecule has 0 aliphatic rings. The Morgan fingerprint density at radius 1 is 1.23 bits per heavy atom. The van der Waals surface area contributed by atoms with Crippen LogP contribution in [0.5, 0.6) is 5.88 Å². The monoisotopic (exact) mass is 371 g/mol. The summed E-state index contributed by atoms with van der Waals surface area (Å²) in [6.07, 6.45) is 3.15. The number of fused-ring (bicyclic) bond motifs is 1. The van der Waals surface area contributed by atoms with Crippen LogP contribution in [0.15, 0.2) is 46.7 Å². The number of pyridine rings is 1. The Bertz CT molecular complexity index is 1010. The highest BCUT2D eigenvalue weighted by molar-refractivity contribution is 7.85. The third kappa shape index (κ3) is 3.28. The highest BCUT2D eigenvalue weighted by Crippen LogP contribution is 2.27. The molecule has 1 atom stereocenters. The summed E-state index contributed by atoms with van der Waals surface area (Å²) in [6.45, 7) is 4.11. The van der Waals surface area contributed by atoms with Crippen molar-refractivity contribution in [2.45, 2.75) is 23.9 Å². The highest BCUT2D eigenvalue weighted by atomic mass is 32.2. The Labute approximate surface area is 152 Å². The minimum absolute atomic E-state index is 0.122. The smallest absolute Gasteiger partial charge is 0.338 e. The van der Waals surface area contributed by atoms with Gasteiger partial charge >= 0.3 is 5.97 Å². The fourth-order valence-electron chi connectivity index (χ4n) is 2.47. The molecular formula is C18H17N3O4S. The minimum atomic E-state index is -1.68. The Hall–Kier alpha value is -2.87. The van der Waals surface area contributed by atoms with Gasteiger partial charge in [-0.1, -0.05) is 6.07 Å². The topological polar surface area (TPSA) is 91.3 Å². The lowest BCUT2D eigenvalue weighted by Crippen LogP contribution is -2.07. The van der Waals surface area contributed by atoms with E-state index in [2.05, 4.69) is 15.0 Å². The quantitative estimate of drug-likeness (QED) is 0.503. The van der Waals surface area contributed by atoms with Gasteiger partial charge in [0.2, 0.25) is 11.0 Å². The molecule has 0 saturated carbocycles. The zero-order valence-corrected chi connectivity index (χ0v) is 15.4. The van der Waals surface area contributed by atoms with E-state index >= 15 is 0 Å². The number of carbonyl (C=O) groups is 1. The summed E-state index contributed by atoms with van der Waals surface area (Å²) in [6, 6.07) is 6.59. The van der Waals surface area contributed by atoms with Gasteiger partial charge < -0.3 is 9.47 Å². The van der Waals surface area contributed by atoms with Crippen molar-refractivity contribution in [3.05, 3.63) is 47.8 Å². The molecule has 0 N–H and O–H groups in total. The number of esters is 1. The number of methoxy groups -OCH3 is 1. The standard InChI is InChI=1S/C18H17N3O4S/c1-4-25-16-11(2)10-20-18(21-16)26(23)14-8-7-13(17(22)24-3)12-6-5-9-19-15(12)14/h5-10H,4H2,1-3H3. The summed E-state index contributed by atoms with van der Waals surface area (Å²) in [5.74, 6) is -0.0835. The van der Waals surface area contributed by atoms with Crippen molar-refractivity contribution in [2.24, 2.45) is 0 Å². The van der Waals surface area contributed by atoms with Crippen LogP contribution in [0.1, 0.15) is 22.8 Å². The first-order valence-corrected chi connectivity index (χ1v) is 9.06. The zero-order chi connectivity index (χ0) is 18.7. The molecule has 0 aliphatic carbocycles. The fraction of sp³-hybridized carbons (Fsp3) is 0.222. The van der Waals surface area contributed by atoms with Gasteiger partial charge in [0.1, 0.15) is 10.8 Å². The van der Waals surface area contributed by atoms with E-state index < -0.39 is 16.8 Å².